The maximum atomic E-state index is 12.4. The highest BCUT2D eigenvalue weighted by Gasteiger charge is 2.58. The van der Waals surface area contributed by atoms with Crippen molar-refractivity contribution in [3.8, 4) is 0 Å². The van der Waals surface area contributed by atoms with Gasteiger partial charge in [-0.05, 0) is 20.8 Å². The van der Waals surface area contributed by atoms with Crippen molar-refractivity contribution < 1.29 is 4.57 Å². The molecule has 15 heavy (non-hydrogen) atoms. The first-order valence-corrected chi connectivity index (χ1v) is 7.71. The summed E-state index contributed by atoms with van der Waals surface area (Å²) in [6.07, 6.45) is 0. The Kier molecular flexibility index (Phi) is 5.53. The summed E-state index contributed by atoms with van der Waals surface area (Å²) in [6.45, 7) is 5.14. The molecule has 0 aromatic heterocycles. The van der Waals surface area contributed by atoms with E-state index in [0.717, 1.165) is 0 Å². The van der Waals surface area contributed by atoms with Gasteiger partial charge in [0.05, 0.1) is 0 Å². The van der Waals surface area contributed by atoms with Crippen LogP contribution in [0.15, 0.2) is 0 Å². The van der Waals surface area contributed by atoms with Gasteiger partial charge >= 0.3 is 0 Å². The summed E-state index contributed by atoms with van der Waals surface area (Å²) < 4.78 is 7.99. The van der Waals surface area contributed by atoms with E-state index in [1.807, 2.05) is 0 Å². The molecular formula is C6H10Cl6NOP. The largest absolute Gasteiger partial charge is 0.298 e. The molecule has 9 heteroatoms. The highest BCUT2D eigenvalue weighted by atomic mass is 35.6. The molecule has 0 aliphatic heterocycles. The summed E-state index contributed by atoms with van der Waals surface area (Å²) in [7, 11) is -3.87. The van der Waals surface area contributed by atoms with Crippen molar-refractivity contribution in [1.29, 1.82) is 0 Å². The number of hydrogen-bond acceptors (Lipinski definition) is 1. The SMILES string of the molecule is CC(C)(C)NP(=O)(C(Cl)(Cl)Cl)C(Cl)(Cl)Cl. The van der Waals surface area contributed by atoms with E-state index in [1.165, 1.54) is 0 Å². The normalized spacial score (nSPS) is 15.5. The minimum Gasteiger partial charge on any atom is -0.298 e. The summed E-state index contributed by atoms with van der Waals surface area (Å²) in [5, 5.41) is 2.58. The van der Waals surface area contributed by atoms with Crippen molar-refractivity contribution in [2.24, 2.45) is 0 Å². The van der Waals surface area contributed by atoms with E-state index >= 15 is 0 Å². The Morgan fingerprint density at radius 1 is 0.867 bits per heavy atom. The molecule has 0 amide bonds. The molecule has 1 N–H and O–H groups in total. The fraction of sp³-hybridized carbons (Fsp3) is 1.00. The van der Waals surface area contributed by atoms with Gasteiger partial charge in [-0.2, -0.15) is 0 Å². The highest BCUT2D eigenvalue weighted by molar-refractivity contribution is 7.76. The summed E-state index contributed by atoms with van der Waals surface area (Å²) in [5.41, 5.74) is -0.622. The molecule has 0 aromatic carbocycles. The quantitative estimate of drug-likeness (QED) is 0.510. The number of hydrogen-bond donors (Lipinski definition) is 1. The van der Waals surface area contributed by atoms with Gasteiger partial charge in [0.25, 0.3) is 7.07 Å². The third-order valence-corrected chi connectivity index (χ3v) is 7.91. The molecule has 0 fully saturated rings. The number of nitrogens with one attached hydrogen (secondary N) is 1. The van der Waals surface area contributed by atoms with Crippen LogP contribution in [0.5, 0.6) is 0 Å². The molecule has 0 unspecified atom stereocenters. The molecule has 0 rings (SSSR count). The van der Waals surface area contributed by atoms with E-state index in [4.69, 9.17) is 69.6 Å². The van der Waals surface area contributed by atoms with E-state index in [2.05, 4.69) is 5.09 Å². The van der Waals surface area contributed by atoms with Crippen molar-refractivity contribution >= 4 is 76.9 Å². The summed E-state index contributed by atoms with van der Waals surface area (Å²) in [4.78, 5) is 0. The maximum Gasteiger partial charge on any atom is 0.259 e. The Morgan fingerprint density at radius 2 is 1.13 bits per heavy atom. The first kappa shape index (κ1) is 16.9. The zero-order valence-corrected chi connectivity index (χ0v) is 13.6. The van der Waals surface area contributed by atoms with Gasteiger partial charge in [0.2, 0.25) is 7.29 Å². The molecule has 0 bridgehead atoms. The first-order chi connectivity index (χ1) is 6.21. The van der Waals surface area contributed by atoms with Gasteiger partial charge in [0.1, 0.15) is 0 Å². The summed E-state index contributed by atoms with van der Waals surface area (Å²) >= 11 is 33.5. The molecule has 0 spiro atoms. The lowest BCUT2D eigenvalue weighted by Crippen LogP contribution is -2.40. The van der Waals surface area contributed by atoms with Crippen LogP contribution in [0.4, 0.5) is 0 Å². The third kappa shape index (κ3) is 4.60. The third-order valence-electron chi connectivity index (χ3n) is 1.21. The van der Waals surface area contributed by atoms with E-state index in [1.54, 1.807) is 20.8 Å². The average Bonchev–Trinajstić information content (AvgIpc) is 1.77. The fourth-order valence-corrected chi connectivity index (χ4v) is 6.44. The van der Waals surface area contributed by atoms with Crippen molar-refractivity contribution in [2.75, 3.05) is 0 Å². The smallest absolute Gasteiger partial charge is 0.259 e. The van der Waals surface area contributed by atoms with Crippen LogP contribution in [0.1, 0.15) is 20.8 Å². The van der Waals surface area contributed by atoms with Gasteiger partial charge in [0.15, 0.2) is 0 Å². The van der Waals surface area contributed by atoms with Gasteiger partial charge in [-0.25, -0.2) is 0 Å². The lowest BCUT2D eigenvalue weighted by atomic mass is 10.1. The second-order valence-electron chi connectivity index (χ2n) is 3.91. The second-order valence-corrected chi connectivity index (χ2v) is 12.8. The predicted molar refractivity (Wildman–Crippen MR) is 71.1 cm³/mol. The Hall–Kier alpha value is 1.93. The minimum atomic E-state index is -3.87. The molecule has 0 radical (unpaired) electrons. The fourth-order valence-electron chi connectivity index (χ4n) is 0.743. The van der Waals surface area contributed by atoms with E-state index in [0.29, 0.717) is 0 Å². The van der Waals surface area contributed by atoms with Crippen LogP contribution in [0.2, 0.25) is 0 Å². The molecule has 0 atom stereocenters. The van der Waals surface area contributed by atoms with E-state index in [-0.39, 0.29) is 0 Å². The van der Waals surface area contributed by atoms with Gasteiger partial charge in [0, 0.05) is 5.54 Å². The Morgan fingerprint density at radius 3 is 1.20 bits per heavy atom. The zero-order chi connectivity index (χ0) is 12.7. The lowest BCUT2D eigenvalue weighted by Gasteiger charge is -2.36. The standard InChI is InChI=1S/C6H10Cl6NOP/c1-4(2,3)13-15(14,5(7,8)9)6(10,11)12/h1-3H3,(H,13,14). The molecule has 0 aliphatic carbocycles. The predicted octanol–water partition coefficient (Wildman–Crippen LogP) is 5.31. The molecular weight excluding hydrogens is 346 g/mol. The highest BCUT2D eigenvalue weighted by Crippen LogP contribution is 2.74. The van der Waals surface area contributed by atoms with Crippen LogP contribution in [-0.2, 0) is 4.57 Å². The van der Waals surface area contributed by atoms with Crippen LogP contribution in [0.25, 0.3) is 0 Å². The van der Waals surface area contributed by atoms with Gasteiger partial charge in [-0.3, -0.25) is 9.65 Å². The summed E-state index contributed by atoms with van der Waals surface area (Å²) in [6, 6.07) is 0. The average molecular weight is 356 g/mol. The first-order valence-electron chi connectivity index (χ1n) is 3.74. The van der Waals surface area contributed by atoms with Crippen molar-refractivity contribution in [2.45, 2.75) is 33.4 Å². The zero-order valence-electron chi connectivity index (χ0n) is 8.12. The monoisotopic (exact) mass is 353 g/mol. The Balaban J connectivity index is 5.37. The second kappa shape index (κ2) is 4.90. The molecule has 92 valence electrons. The Bertz CT molecular complexity index is 257. The molecule has 0 saturated carbocycles. The van der Waals surface area contributed by atoms with Gasteiger partial charge < -0.3 is 0 Å². The summed E-state index contributed by atoms with van der Waals surface area (Å²) in [5.74, 6) is 0. The number of rotatable bonds is 1. The minimum absolute atomic E-state index is 0.622. The molecule has 0 saturated heterocycles. The maximum absolute atomic E-state index is 12.4. The van der Waals surface area contributed by atoms with Crippen LogP contribution in [0, 0.1) is 0 Å². The molecule has 2 nitrogen and oxygen atoms in total. The van der Waals surface area contributed by atoms with E-state index in [9.17, 15) is 4.57 Å². The number of alkyl halides is 6. The van der Waals surface area contributed by atoms with Gasteiger partial charge in [-0.1, -0.05) is 69.6 Å². The topological polar surface area (TPSA) is 29.1 Å². The van der Waals surface area contributed by atoms with Crippen LogP contribution < -0.4 is 5.09 Å². The molecule has 0 aromatic rings. The van der Waals surface area contributed by atoms with E-state index < -0.39 is 19.9 Å². The van der Waals surface area contributed by atoms with Crippen LogP contribution in [0.3, 0.4) is 0 Å². The van der Waals surface area contributed by atoms with Crippen LogP contribution in [-0.4, -0.2) is 12.6 Å². The van der Waals surface area contributed by atoms with Crippen LogP contribution >= 0.6 is 76.9 Å². The van der Waals surface area contributed by atoms with Crippen molar-refractivity contribution in [3.63, 3.8) is 0 Å². The Labute approximate surface area is 119 Å². The lowest BCUT2D eigenvalue weighted by molar-refractivity contribution is 0.489. The van der Waals surface area contributed by atoms with Crippen molar-refractivity contribution in [1.82, 2.24) is 5.09 Å². The van der Waals surface area contributed by atoms with Crippen molar-refractivity contribution in [3.05, 3.63) is 0 Å². The molecule has 0 heterocycles. The number of halogens is 6. The molecule has 0 aliphatic rings. The van der Waals surface area contributed by atoms with Gasteiger partial charge in [-0.15, -0.1) is 0 Å².